The molecule has 0 aliphatic rings. The summed E-state index contributed by atoms with van der Waals surface area (Å²) in [7, 11) is 1.50. The van der Waals surface area contributed by atoms with Crippen molar-refractivity contribution in [3.8, 4) is 28.4 Å². The highest BCUT2D eigenvalue weighted by molar-refractivity contribution is 7.99. The summed E-state index contributed by atoms with van der Waals surface area (Å²) in [6.45, 7) is 1.67. The van der Waals surface area contributed by atoms with E-state index in [4.69, 9.17) is 9.15 Å². The fourth-order valence-electron chi connectivity index (χ4n) is 4.32. The first-order chi connectivity index (χ1) is 18.6. The van der Waals surface area contributed by atoms with Crippen molar-refractivity contribution in [1.82, 2.24) is 4.57 Å². The lowest BCUT2D eigenvalue weighted by Gasteiger charge is -2.19. The number of ether oxygens (including phenoxy) is 1. The van der Waals surface area contributed by atoms with Crippen LogP contribution in [-0.2, 0) is 6.18 Å². The first kappa shape index (κ1) is 26.2. The molecule has 2 aromatic heterocycles. The van der Waals surface area contributed by atoms with Crippen molar-refractivity contribution in [3.63, 3.8) is 0 Å². The van der Waals surface area contributed by atoms with Crippen LogP contribution in [0.2, 0.25) is 0 Å². The highest BCUT2D eigenvalue weighted by Crippen LogP contribution is 2.39. The van der Waals surface area contributed by atoms with E-state index in [1.165, 1.54) is 23.8 Å². The standard InChI is InChI=1S/C29H20F3NO5S/c1-16-23(17-7-4-3-5-8-17)33(19-9-6-10-20(15-19)37-2)27(35)22-24(34)26(28(36)38-25(16)22)39-21-13-11-18(12-14-21)29(30,31)32/h3-15,34H,1-2H3. The number of nitrogens with zero attached hydrogens (tertiary/aromatic N) is 1. The van der Waals surface area contributed by atoms with Crippen LogP contribution in [0.5, 0.6) is 11.5 Å². The van der Waals surface area contributed by atoms with Crippen LogP contribution in [-0.4, -0.2) is 16.8 Å². The number of aromatic nitrogens is 1. The Morgan fingerprint density at radius 3 is 2.28 bits per heavy atom. The molecule has 3 aromatic carbocycles. The lowest BCUT2D eigenvalue weighted by atomic mass is 10.0. The summed E-state index contributed by atoms with van der Waals surface area (Å²) < 4.78 is 51.2. The molecule has 10 heteroatoms. The van der Waals surface area contributed by atoms with Crippen LogP contribution in [0, 0.1) is 6.92 Å². The van der Waals surface area contributed by atoms with Crippen molar-refractivity contribution >= 4 is 22.7 Å². The summed E-state index contributed by atoms with van der Waals surface area (Å²) in [5.74, 6) is -0.117. The zero-order valence-corrected chi connectivity index (χ0v) is 21.4. The van der Waals surface area contributed by atoms with Gasteiger partial charge in [-0.15, -0.1) is 0 Å². The number of hydrogen-bond acceptors (Lipinski definition) is 6. The van der Waals surface area contributed by atoms with E-state index in [1.807, 2.05) is 6.07 Å². The van der Waals surface area contributed by atoms with Gasteiger partial charge >= 0.3 is 11.8 Å². The number of halogens is 3. The van der Waals surface area contributed by atoms with E-state index in [9.17, 15) is 27.9 Å². The largest absolute Gasteiger partial charge is 0.505 e. The predicted molar refractivity (Wildman–Crippen MR) is 142 cm³/mol. The lowest BCUT2D eigenvalue weighted by molar-refractivity contribution is -0.137. The minimum atomic E-state index is -4.52. The zero-order valence-electron chi connectivity index (χ0n) is 20.6. The maximum absolute atomic E-state index is 14.0. The summed E-state index contributed by atoms with van der Waals surface area (Å²) in [5, 5.41) is 11.0. The number of aromatic hydroxyl groups is 1. The van der Waals surface area contributed by atoms with Gasteiger partial charge in [0.05, 0.1) is 24.1 Å². The molecule has 198 valence electrons. The Bertz CT molecular complexity index is 1810. The Balaban J connectivity index is 1.78. The van der Waals surface area contributed by atoms with Crippen LogP contribution in [0.3, 0.4) is 0 Å². The number of hydrogen-bond donors (Lipinski definition) is 1. The van der Waals surface area contributed by atoms with Crippen molar-refractivity contribution in [1.29, 1.82) is 0 Å². The third kappa shape index (κ3) is 4.79. The molecule has 0 spiro atoms. The van der Waals surface area contributed by atoms with Gasteiger partial charge in [0, 0.05) is 16.5 Å². The topological polar surface area (TPSA) is 81.7 Å². The first-order valence-electron chi connectivity index (χ1n) is 11.6. The summed E-state index contributed by atoms with van der Waals surface area (Å²) in [4.78, 5) is 26.9. The van der Waals surface area contributed by atoms with Crippen LogP contribution >= 0.6 is 11.8 Å². The molecule has 0 bridgehead atoms. The van der Waals surface area contributed by atoms with E-state index in [0.29, 0.717) is 40.0 Å². The Labute approximate surface area is 223 Å². The van der Waals surface area contributed by atoms with Gasteiger partial charge in [0.15, 0.2) is 11.3 Å². The Hall–Kier alpha value is -4.44. The van der Waals surface area contributed by atoms with Crippen LogP contribution in [0.4, 0.5) is 13.2 Å². The van der Waals surface area contributed by atoms with Crippen molar-refractivity contribution < 1.29 is 27.4 Å². The second-order valence-corrected chi connectivity index (χ2v) is 9.66. The van der Waals surface area contributed by atoms with E-state index >= 15 is 0 Å². The van der Waals surface area contributed by atoms with Crippen molar-refractivity contribution in [2.24, 2.45) is 0 Å². The van der Waals surface area contributed by atoms with Crippen molar-refractivity contribution in [2.75, 3.05) is 7.11 Å². The molecule has 0 aliphatic heterocycles. The molecule has 0 amide bonds. The lowest BCUT2D eigenvalue weighted by Crippen LogP contribution is -2.23. The molecule has 0 saturated heterocycles. The van der Waals surface area contributed by atoms with Gasteiger partial charge < -0.3 is 14.3 Å². The van der Waals surface area contributed by atoms with E-state index in [0.717, 1.165) is 12.1 Å². The third-order valence-electron chi connectivity index (χ3n) is 6.16. The van der Waals surface area contributed by atoms with Crippen molar-refractivity contribution in [3.05, 3.63) is 111 Å². The smallest absolute Gasteiger partial charge is 0.416 e. The second kappa shape index (κ2) is 10.0. The molecule has 0 radical (unpaired) electrons. The van der Waals surface area contributed by atoms with Crippen molar-refractivity contribution in [2.45, 2.75) is 22.9 Å². The van der Waals surface area contributed by atoms with Crippen LogP contribution in [0.25, 0.3) is 27.9 Å². The molecule has 0 aliphatic carbocycles. The summed E-state index contributed by atoms with van der Waals surface area (Å²) in [5.41, 5.74) is -0.523. The third-order valence-corrected chi connectivity index (χ3v) is 7.23. The monoisotopic (exact) mass is 551 g/mol. The molecule has 6 nitrogen and oxygen atoms in total. The molecular formula is C29H20F3NO5S. The quantitative estimate of drug-likeness (QED) is 0.259. The second-order valence-electron chi connectivity index (χ2n) is 8.58. The molecule has 0 saturated carbocycles. The molecule has 0 fully saturated rings. The van der Waals surface area contributed by atoms with Gasteiger partial charge in [0.25, 0.3) is 5.56 Å². The molecule has 2 heterocycles. The normalized spacial score (nSPS) is 11.6. The van der Waals surface area contributed by atoms with Gasteiger partial charge in [0.2, 0.25) is 0 Å². The average Bonchev–Trinajstić information content (AvgIpc) is 2.92. The number of methoxy groups -OCH3 is 1. The Morgan fingerprint density at radius 1 is 0.949 bits per heavy atom. The predicted octanol–water partition coefficient (Wildman–Crippen LogP) is 6.80. The maximum atomic E-state index is 14.0. The Kier molecular flexibility index (Phi) is 6.73. The minimum Gasteiger partial charge on any atom is -0.505 e. The molecule has 39 heavy (non-hydrogen) atoms. The molecule has 5 rings (SSSR count). The van der Waals surface area contributed by atoms with E-state index in [1.54, 1.807) is 55.5 Å². The fourth-order valence-corrected chi connectivity index (χ4v) is 5.15. The summed E-state index contributed by atoms with van der Waals surface area (Å²) >= 11 is 0.706. The van der Waals surface area contributed by atoms with Crippen LogP contribution < -0.4 is 15.9 Å². The van der Waals surface area contributed by atoms with E-state index in [2.05, 4.69) is 0 Å². The molecule has 5 aromatic rings. The Morgan fingerprint density at radius 2 is 1.64 bits per heavy atom. The molecular weight excluding hydrogens is 531 g/mol. The SMILES string of the molecule is COc1cccc(-n2c(-c3ccccc3)c(C)c3oc(=O)c(Sc4ccc(C(F)(F)F)cc4)c(O)c3c2=O)c1. The molecule has 0 atom stereocenters. The number of pyridine rings is 1. The summed E-state index contributed by atoms with van der Waals surface area (Å²) in [6, 6.07) is 19.9. The number of fused-ring (bicyclic) bond motifs is 1. The van der Waals surface area contributed by atoms with E-state index in [-0.39, 0.29) is 20.8 Å². The minimum absolute atomic E-state index is 0.0859. The fraction of sp³-hybridized carbons (Fsp3) is 0.103. The number of aryl methyl sites for hydroxylation is 1. The first-order valence-corrected chi connectivity index (χ1v) is 12.4. The van der Waals surface area contributed by atoms with Gasteiger partial charge in [-0.3, -0.25) is 9.36 Å². The van der Waals surface area contributed by atoms with Gasteiger partial charge in [-0.05, 0) is 48.9 Å². The van der Waals surface area contributed by atoms with Crippen LogP contribution in [0.1, 0.15) is 11.1 Å². The molecule has 0 unspecified atom stereocenters. The van der Waals surface area contributed by atoms with Gasteiger partial charge in [-0.25, -0.2) is 4.79 Å². The summed E-state index contributed by atoms with van der Waals surface area (Å²) in [6.07, 6.45) is -4.52. The number of benzene rings is 3. The highest BCUT2D eigenvalue weighted by Gasteiger charge is 2.30. The van der Waals surface area contributed by atoms with Gasteiger partial charge in [0.1, 0.15) is 16.0 Å². The number of alkyl halides is 3. The zero-order chi connectivity index (χ0) is 27.9. The van der Waals surface area contributed by atoms with Crippen LogP contribution in [0.15, 0.2) is 103 Å². The highest BCUT2D eigenvalue weighted by atomic mass is 32.2. The number of rotatable bonds is 5. The van der Waals surface area contributed by atoms with Gasteiger partial charge in [-0.1, -0.05) is 48.2 Å². The molecule has 1 N–H and O–H groups in total. The maximum Gasteiger partial charge on any atom is 0.416 e. The van der Waals surface area contributed by atoms with Gasteiger partial charge in [-0.2, -0.15) is 13.2 Å². The van der Waals surface area contributed by atoms with E-state index < -0.39 is 28.7 Å². The average molecular weight is 552 g/mol.